The lowest BCUT2D eigenvalue weighted by molar-refractivity contribution is 0.0871. The molecule has 92 valence electrons. The standard InChI is InChI=1S/C11H22N2O2Si/c1-16(2,3)7-6-15-10-13-8-11(4-5-14)12-9-13/h8-9,14H,4-7,10H2,1-3H3. The largest absolute Gasteiger partial charge is 0.396 e. The molecule has 0 saturated carbocycles. The van der Waals surface area contributed by atoms with E-state index in [1.165, 1.54) is 6.04 Å². The van der Waals surface area contributed by atoms with E-state index in [0.717, 1.165) is 12.3 Å². The van der Waals surface area contributed by atoms with E-state index in [9.17, 15) is 0 Å². The summed E-state index contributed by atoms with van der Waals surface area (Å²) in [5.74, 6) is 0. The molecule has 1 aromatic rings. The first-order valence-corrected chi connectivity index (χ1v) is 9.41. The molecule has 1 N–H and O–H groups in total. The second-order valence-electron chi connectivity index (χ2n) is 5.20. The minimum absolute atomic E-state index is 0.146. The van der Waals surface area contributed by atoms with Crippen LogP contribution in [-0.2, 0) is 17.9 Å². The zero-order chi connectivity index (χ0) is 12.0. The van der Waals surface area contributed by atoms with Gasteiger partial charge in [0, 0.05) is 33.9 Å². The van der Waals surface area contributed by atoms with Crippen molar-refractivity contribution >= 4 is 8.07 Å². The van der Waals surface area contributed by atoms with Crippen molar-refractivity contribution in [2.45, 2.75) is 38.8 Å². The molecule has 0 amide bonds. The fraction of sp³-hybridized carbons (Fsp3) is 0.727. The smallest absolute Gasteiger partial charge is 0.123 e. The van der Waals surface area contributed by atoms with Gasteiger partial charge in [-0.1, -0.05) is 19.6 Å². The molecule has 0 unspecified atom stereocenters. The maximum atomic E-state index is 8.76. The van der Waals surface area contributed by atoms with Gasteiger partial charge in [0.1, 0.15) is 6.73 Å². The van der Waals surface area contributed by atoms with E-state index in [1.54, 1.807) is 6.33 Å². The fourth-order valence-electron chi connectivity index (χ4n) is 1.27. The summed E-state index contributed by atoms with van der Waals surface area (Å²) >= 11 is 0. The Bertz CT molecular complexity index is 307. The van der Waals surface area contributed by atoms with Crippen LogP contribution in [-0.4, -0.2) is 35.9 Å². The summed E-state index contributed by atoms with van der Waals surface area (Å²) in [6.07, 6.45) is 4.28. The van der Waals surface area contributed by atoms with Gasteiger partial charge in [0.05, 0.1) is 12.0 Å². The number of hydrogen-bond acceptors (Lipinski definition) is 3. The summed E-state index contributed by atoms with van der Waals surface area (Å²) in [4.78, 5) is 4.17. The summed E-state index contributed by atoms with van der Waals surface area (Å²) in [5, 5.41) is 8.76. The SMILES string of the molecule is C[Si](C)(C)CCOCn1cnc(CCO)c1. The molecule has 16 heavy (non-hydrogen) atoms. The topological polar surface area (TPSA) is 47.3 Å². The second-order valence-corrected chi connectivity index (χ2v) is 10.8. The van der Waals surface area contributed by atoms with E-state index in [4.69, 9.17) is 9.84 Å². The number of rotatable bonds is 7. The van der Waals surface area contributed by atoms with Gasteiger partial charge in [-0.25, -0.2) is 4.98 Å². The van der Waals surface area contributed by atoms with E-state index in [-0.39, 0.29) is 6.61 Å². The highest BCUT2D eigenvalue weighted by atomic mass is 28.3. The highest BCUT2D eigenvalue weighted by molar-refractivity contribution is 6.76. The maximum absolute atomic E-state index is 8.76. The molecule has 0 aliphatic rings. The molecule has 0 aliphatic carbocycles. The second kappa shape index (κ2) is 6.17. The number of nitrogens with zero attached hydrogens (tertiary/aromatic N) is 2. The molecule has 1 aromatic heterocycles. The van der Waals surface area contributed by atoms with Gasteiger partial charge in [-0.15, -0.1) is 0 Å². The highest BCUT2D eigenvalue weighted by Gasteiger charge is 2.11. The molecular formula is C11H22N2O2Si. The van der Waals surface area contributed by atoms with Crippen molar-refractivity contribution < 1.29 is 9.84 Å². The molecule has 0 saturated heterocycles. The maximum Gasteiger partial charge on any atom is 0.123 e. The Kier molecular flexibility index (Phi) is 5.17. The Hall–Kier alpha value is -0.653. The molecule has 0 spiro atoms. The van der Waals surface area contributed by atoms with Crippen molar-refractivity contribution in [3.05, 3.63) is 18.2 Å². The quantitative estimate of drug-likeness (QED) is 0.585. The summed E-state index contributed by atoms with van der Waals surface area (Å²) in [7, 11) is -0.986. The molecule has 0 aliphatic heterocycles. The number of aromatic nitrogens is 2. The van der Waals surface area contributed by atoms with Gasteiger partial charge in [-0.05, 0) is 6.04 Å². The van der Waals surface area contributed by atoms with Crippen molar-refractivity contribution in [1.82, 2.24) is 9.55 Å². The first-order chi connectivity index (χ1) is 7.51. The zero-order valence-electron chi connectivity index (χ0n) is 10.4. The van der Waals surface area contributed by atoms with Crippen LogP contribution in [0.25, 0.3) is 0 Å². The fourth-order valence-corrected chi connectivity index (χ4v) is 2.03. The van der Waals surface area contributed by atoms with Crippen molar-refractivity contribution in [2.24, 2.45) is 0 Å². The van der Waals surface area contributed by atoms with Crippen LogP contribution in [0.2, 0.25) is 25.7 Å². The van der Waals surface area contributed by atoms with Crippen molar-refractivity contribution in [3.63, 3.8) is 0 Å². The predicted molar refractivity (Wildman–Crippen MR) is 67.1 cm³/mol. The van der Waals surface area contributed by atoms with Gasteiger partial charge < -0.3 is 14.4 Å². The lowest BCUT2D eigenvalue weighted by Crippen LogP contribution is -2.21. The van der Waals surface area contributed by atoms with E-state index >= 15 is 0 Å². The third-order valence-corrected chi connectivity index (χ3v) is 4.00. The number of ether oxygens (including phenoxy) is 1. The van der Waals surface area contributed by atoms with Crippen molar-refractivity contribution in [2.75, 3.05) is 13.2 Å². The molecular weight excluding hydrogens is 220 g/mol. The molecule has 0 radical (unpaired) electrons. The Morgan fingerprint density at radius 3 is 2.81 bits per heavy atom. The van der Waals surface area contributed by atoms with E-state index in [1.807, 2.05) is 10.8 Å². The molecule has 0 bridgehead atoms. The normalized spacial score (nSPS) is 12.0. The van der Waals surface area contributed by atoms with E-state index < -0.39 is 8.07 Å². The van der Waals surface area contributed by atoms with Gasteiger partial charge in [-0.2, -0.15) is 0 Å². The Balaban J connectivity index is 2.21. The van der Waals surface area contributed by atoms with Crippen molar-refractivity contribution in [3.8, 4) is 0 Å². The minimum atomic E-state index is -0.986. The van der Waals surface area contributed by atoms with Crippen LogP contribution >= 0.6 is 0 Å². The van der Waals surface area contributed by atoms with Crippen LogP contribution in [0.3, 0.4) is 0 Å². The van der Waals surface area contributed by atoms with Gasteiger partial charge in [0.25, 0.3) is 0 Å². The van der Waals surface area contributed by atoms with Crippen LogP contribution < -0.4 is 0 Å². The molecule has 4 nitrogen and oxygen atoms in total. The summed E-state index contributed by atoms with van der Waals surface area (Å²) in [5.41, 5.74) is 0.913. The number of aliphatic hydroxyl groups excluding tert-OH is 1. The molecule has 0 fully saturated rings. The lowest BCUT2D eigenvalue weighted by atomic mass is 10.4. The molecule has 0 aromatic carbocycles. The van der Waals surface area contributed by atoms with Gasteiger partial charge in [0.2, 0.25) is 0 Å². The first-order valence-electron chi connectivity index (χ1n) is 5.70. The first kappa shape index (κ1) is 13.4. The summed E-state index contributed by atoms with van der Waals surface area (Å²) in [6.45, 7) is 8.55. The van der Waals surface area contributed by atoms with Gasteiger partial charge in [0.15, 0.2) is 0 Å². The van der Waals surface area contributed by atoms with E-state index in [0.29, 0.717) is 13.2 Å². The Morgan fingerprint density at radius 1 is 1.44 bits per heavy atom. The van der Waals surface area contributed by atoms with Gasteiger partial charge in [-0.3, -0.25) is 0 Å². The number of aliphatic hydroxyl groups is 1. The van der Waals surface area contributed by atoms with Crippen molar-refractivity contribution in [1.29, 1.82) is 0 Å². The monoisotopic (exact) mass is 242 g/mol. The Labute approximate surface area is 98.3 Å². The number of hydrogen-bond donors (Lipinski definition) is 1. The minimum Gasteiger partial charge on any atom is -0.396 e. The molecule has 1 heterocycles. The third-order valence-electron chi connectivity index (χ3n) is 2.29. The Morgan fingerprint density at radius 2 is 2.19 bits per heavy atom. The van der Waals surface area contributed by atoms with Crippen LogP contribution in [0, 0.1) is 0 Å². The number of imidazole rings is 1. The lowest BCUT2D eigenvalue weighted by Gasteiger charge is -2.15. The zero-order valence-corrected chi connectivity index (χ0v) is 11.4. The predicted octanol–water partition coefficient (Wildman–Crippen LogP) is 1.73. The third kappa shape index (κ3) is 5.44. The van der Waals surface area contributed by atoms with Crippen LogP contribution in [0.5, 0.6) is 0 Å². The van der Waals surface area contributed by atoms with Crippen LogP contribution in [0.4, 0.5) is 0 Å². The van der Waals surface area contributed by atoms with Crippen LogP contribution in [0.1, 0.15) is 5.69 Å². The molecule has 0 atom stereocenters. The highest BCUT2D eigenvalue weighted by Crippen LogP contribution is 2.07. The van der Waals surface area contributed by atoms with E-state index in [2.05, 4.69) is 24.6 Å². The average Bonchev–Trinajstić information content (AvgIpc) is 2.60. The molecule has 1 rings (SSSR count). The summed E-state index contributed by atoms with van der Waals surface area (Å²) in [6, 6.07) is 1.19. The molecule has 5 heteroatoms. The van der Waals surface area contributed by atoms with Gasteiger partial charge >= 0.3 is 0 Å². The average molecular weight is 242 g/mol. The van der Waals surface area contributed by atoms with Crippen LogP contribution in [0.15, 0.2) is 12.5 Å². The summed E-state index contributed by atoms with van der Waals surface area (Å²) < 4.78 is 7.49.